The maximum Gasteiger partial charge on any atom is 0.267 e. The Balaban J connectivity index is 2.08. The van der Waals surface area contributed by atoms with Gasteiger partial charge in [0.15, 0.2) is 0 Å². The molecule has 5 nitrogen and oxygen atoms in total. The summed E-state index contributed by atoms with van der Waals surface area (Å²) in [5.41, 5.74) is 3.10. The summed E-state index contributed by atoms with van der Waals surface area (Å²) in [6, 6.07) is 14.6. The minimum Gasteiger partial charge on any atom is -0.508 e. The Morgan fingerprint density at radius 3 is 2.62 bits per heavy atom. The SMILES string of the molecule is O=C(/C=C/c1cc(O)cc(SNc2ccccc2)c1)NO. The molecule has 0 atom stereocenters. The Morgan fingerprint density at radius 1 is 1.14 bits per heavy atom. The van der Waals surface area contributed by atoms with Crippen molar-refractivity contribution < 1.29 is 15.1 Å². The number of aromatic hydroxyl groups is 1. The fourth-order valence-electron chi connectivity index (χ4n) is 1.59. The molecule has 0 aliphatic rings. The highest BCUT2D eigenvalue weighted by molar-refractivity contribution is 8.00. The van der Waals surface area contributed by atoms with E-state index in [2.05, 4.69) is 4.72 Å². The van der Waals surface area contributed by atoms with Crippen LogP contribution in [0.1, 0.15) is 5.56 Å². The van der Waals surface area contributed by atoms with E-state index in [4.69, 9.17) is 5.21 Å². The highest BCUT2D eigenvalue weighted by Gasteiger charge is 2.01. The van der Waals surface area contributed by atoms with E-state index in [-0.39, 0.29) is 5.75 Å². The van der Waals surface area contributed by atoms with Crippen LogP contribution in [0.2, 0.25) is 0 Å². The average Bonchev–Trinajstić information content (AvgIpc) is 2.51. The summed E-state index contributed by atoms with van der Waals surface area (Å²) in [6.07, 6.45) is 2.67. The van der Waals surface area contributed by atoms with Crippen LogP contribution in [0.5, 0.6) is 5.75 Å². The lowest BCUT2D eigenvalue weighted by Gasteiger charge is -2.06. The van der Waals surface area contributed by atoms with Crippen molar-refractivity contribution in [3.63, 3.8) is 0 Å². The molecule has 0 radical (unpaired) electrons. The molecule has 0 fully saturated rings. The summed E-state index contributed by atoms with van der Waals surface area (Å²) < 4.78 is 3.15. The lowest BCUT2D eigenvalue weighted by molar-refractivity contribution is -0.124. The van der Waals surface area contributed by atoms with Gasteiger partial charge >= 0.3 is 0 Å². The molecule has 21 heavy (non-hydrogen) atoms. The molecule has 2 aromatic rings. The van der Waals surface area contributed by atoms with Crippen molar-refractivity contribution >= 4 is 29.6 Å². The first-order valence-electron chi connectivity index (χ1n) is 6.11. The van der Waals surface area contributed by atoms with E-state index in [9.17, 15) is 9.90 Å². The summed E-state index contributed by atoms with van der Waals surface area (Å²) in [6.45, 7) is 0. The molecular weight excluding hydrogens is 288 g/mol. The minimum absolute atomic E-state index is 0.0962. The predicted octanol–water partition coefficient (Wildman–Crippen LogP) is 3.03. The number of amides is 1. The minimum atomic E-state index is -0.630. The van der Waals surface area contributed by atoms with E-state index in [1.54, 1.807) is 6.07 Å². The van der Waals surface area contributed by atoms with Gasteiger partial charge < -0.3 is 9.83 Å². The first kappa shape index (κ1) is 15.0. The Bertz CT molecular complexity index is 645. The van der Waals surface area contributed by atoms with Crippen LogP contribution in [-0.4, -0.2) is 16.2 Å². The normalized spacial score (nSPS) is 10.5. The van der Waals surface area contributed by atoms with Gasteiger partial charge in [-0.2, -0.15) is 0 Å². The topological polar surface area (TPSA) is 81.6 Å². The molecule has 0 saturated carbocycles. The second-order valence-electron chi connectivity index (χ2n) is 4.14. The molecule has 6 heteroatoms. The van der Waals surface area contributed by atoms with Crippen LogP contribution in [0.15, 0.2) is 59.5 Å². The van der Waals surface area contributed by atoms with Crippen molar-refractivity contribution in [2.45, 2.75) is 4.90 Å². The van der Waals surface area contributed by atoms with Gasteiger partial charge in [-0.3, -0.25) is 10.0 Å². The van der Waals surface area contributed by atoms with Gasteiger partial charge in [0.25, 0.3) is 5.91 Å². The van der Waals surface area contributed by atoms with Gasteiger partial charge in [-0.05, 0) is 53.9 Å². The third-order valence-corrected chi connectivity index (χ3v) is 3.32. The standard InChI is InChI=1S/C15H14N2O3S/c18-13-8-11(6-7-15(19)16-20)9-14(10-13)21-17-12-4-2-1-3-5-12/h1-10,17-18,20H,(H,16,19)/b7-6+. The molecule has 0 aliphatic heterocycles. The number of para-hydroxylation sites is 1. The molecule has 0 heterocycles. The Kier molecular flexibility index (Phi) is 5.25. The number of hydrogen-bond donors (Lipinski definition) is 4. The Hall–Kier alpha value is -2.44. The van der Waals surface area contributed by atoms with Crippen molar-refractivity contribution in [1.82, 2.24) is 5.48 Å². The molecule has 0 unspecified atom stereocenters. The van der Waals surface area contributed by atoms with E-state index in [0.717, 1.165) is 10.6 Å². The zero-order valence-corrected chi connectivity index (χ0v) is 11.8. The predicted molar refractivity (Wildman–Crippen MR) is 83.0 cm³/mol. The zero-order valence-electron chi connectivity index (χ0n) is 11.0. The van der Waals surface area contributed by atoms with Crippen LogP contribution in [0, 0.1) is 0 Å². The number of benzene rings is 2. The van der Waals surface area contributed by atoms with Crippen LogP contribution >= 0.6 is 11.9 Å². The van der Waals surface area contributed by atoms with Crippen LogP contribution in [-0.2, 0) is 4.79 Å². The largest absolute Gasteiger partial charge is 0.508 e. The quantitative estimate of drug-likeness (QED) is 0.295. The Morgan fingerprint density at radius 2 is 1.90 bits per heavy atom. The fraction of sp³-hybridized carbons (Fsp3) is 0. The molecule has 0 aliphatic carbocycles. The van der Waals surface area contributed by atoms with Crippen LogP contribution in [0.3, 0.4) is 0 Å². The van der Waals surface area contributed by atoms with Gasteiger partial charge in [0, 0.05) is 16.7 Å². The maximum absolute atomic E-state index is 10.9. The first-order valence-corrected chi connectivity index (χ1v) is 6.93. The number of carbonyl (C=O) groups is 1. The number of hydrogen-bond acceptors (Lipinski definition) is 5. The van der Waals surface area contributed by atoms with Crippen molar-refractivity contribution in [1.29, 1.82) is 0 Å². The summed E-state index contributed by atoms with van der Waals surface area (Å²) in [5.74, 6) is -0.533. The molecule has 108 valence electrons. The molecule has 2 rings (SSSR count). The summed E-state index contributed by atoms with van der Waals surface area (Å²) >= 11 is 1.35. The van der Waals surface area contributed by atoms with Crippen LogP contribution in [0.25, 0.3) is 6.08 Å². The van der Waals surface area contributed by atoms with E-state index in [1.165, 1.54) is 35.6 Å². The van der Waals surface area contributed by atoms with E-state index < -0.39 is 5.91 Å². The van der Waals surface area contributed by atoms with Gasteiger partial charge in [-0.1, -0.05) is 18.2 Å². The lowest BCUT2D eigenvalue weighted by Crippen LogP contribution is -2.14. The third-order valence-electron chi connectivity index (χ3n) is 2.51. The summed E-state index contributed by atoms with van der Waals surface area (Å²) in [7, 11) is 0. The molecule has 1 amide bonds. The van der Waals surface area contributed by atoms with Gasteiger partial charge in [-0.25, -0.2) is 5.48 Å². The van der Waals surface area contributed by atoms with Crippen molar-refractivity contribution in [2.24, 2.45) is 0 Å². The Labute approximate surface area is 126 Å². The van der Waals surface area contributed by atoms with Gasteiger partial charge in [0.1, 0.15) is 5.75 Å². The van der Waals surface area contributed by atoms with E-state index >= 15 is 0 Å². The molecule has 0 bridgehead atoms. The van der Waals surface area contributed by atoms with Crippen molar-refractivity contribution in [3.05, 3.63) is 60.2 Å². The van der Waals surface area contributed by atoms with Gasteiger partial charge in [0.05, 0.1) is 0 Å². The monoisotopic (exact) mass is 302 g/mol. The molecule has 4 N–H and O–H groups in total. The van der Waals surface area contributed by atoms with Crippen molar-refractivity contribution in [2.75, 3.05) is 4.72 Å². The highest BCUT2D eigenvalue weighted by atomic mass is 32.2. The fourth-order valence-corrected chi connectivity index (χ4v) is 2.34. The highest BCUT2D eigenvalue weighted by Crippen LogP contribution is 2.26. The lowest BCUT2D eigenvalue weighted by atomic mass is 10.2. The first-order chi connectivity index (χ1) is 10.2. The molecular formula is C15H14N2O3S. The number of carbonyl (C=O) groups excluding carboxylic acids is 1. The van der Waals surface area contributed by atoms with Crippen molar-refractivity contribution in [3.8, 4) is 5.75 Å². The number of anilines is 1. The third kappa shape index (κ3) is 4.87. The number of phenolic OH excluding ortho intramolecular Hbond substituents is 1. The maximum atomic E-state index is 10.9. The smallest absolute Gasteiger partial charge is 0.267 e. The molecule has 0 spiro atoms. The van der Waals surface area contributed by atoms with Gasteiger partial charge in [0.2, 0.25) is 0 Å². The number of hydroxylamine groups is 1. The second-order valence-corrected chi connectivity index (χ2v) is 5.02. The van der Waals surface area contributed by atoms with Crippen LogP contribution in [0.4, 0.5) is 5.69 Å². The zero-order chi connectivity index (χ0) is 15.1. The number of nitrogens with one attached hydrogen (secondary N) is 2. The number of rotatable bonds is 5. The van der Waals surface area contributed by atoms with E-state index in [0.29, 0.717) is 5.56 Å². The second kappa shape index (κ2) is 7.37. The van der Waals surface area contributed by atoms with Crippen LogP contribution < -0.4 is 10.2 Å². The molecule has 0 aromatic heterocycles. The molecule has 2 aromatic carbocycles. The summed E-state index contributed by atoms with van der Waals surface area (Å²) in [4.78, 5) is 11.7. The average molecular weight is 302 g/mol. The summed E-state index contributed by atoms with van der Waals surface area (Å²) in [5, 5.41) is 18.1. The number of phenols is 1. The van der Waals surface area contributed by atoms with Gasteiger partial charge in [-0.15, -0.1) is 0 Å². The van der Waals surface area contributed by atoms with E-state index in [1.807, 2.05) is 36.4 Å². The molecule has 0 saturated heterocycles.